The first kappa shape index (κ1) is 14.5. The van der Waals surface area contributed by atoms with Gasteiger partial charge in [0.2, 0.25) is 0 Å². The smallest absolute Gasteiger partial charge is 0.0599 e. The van der Waals surface area contributed by atoms with Crippen molar-refractivity contribution in [3.63, 3.8) is 0 Å². The topological polar surface area (TPSA) is 24.5 Å². The quantitative estimate of drug-likeness (QED) is 0.852. The van der Waals surface area contributed by atoms with E-state index in [0.29, 0.717) is 12.1 Å². The van der Waals surface area contributed by atoms with Gasteiger partial charge in [-0.25, -0.2) is 0 Å². The summed E-state index contributed by atoms with van der Waals surface area (Å²) in [5.41, 5.74) is 1.41. The Bertz CT molecular complexity index is 347. The third kappa shape index (κ3) is 4.03. The van der Waals surface area contributed by atoms with Crippen LogP contribution in [0, 0.1) is 0 Å². The Labute approximate surface area is 116 Å². The minimum absolute atomic E-state index is 0.465. The van der Waals surface area contributed by atoms with Gasteiger partial charge < -0.3 is 10.1 Å². The fourth-order valence-electron chi connectivity index (χ4n) is 2.92. The first-order chi connectivity index (χ1) is 9.35. The van der Waals surface area contributed by atoms with Crippen LogP contribution >= 0.6 is 0 Å². The Kier molecular flexibility index (Phi) is 5.83. The molecular weight excluding hydrogens is 236 g/mol. The van der Waals surface area contributed by atoms with Crippen molar-refractivity contribution in [3.05, 3.63) is 35.9 Å². The molecule has 3 heteroatoms. The molecular formula is C16H26N2O. The summed E-state index contributed by atoms with van der Waals surface area (Å²) < 4.78 is 5.73. The number of benzene rings is 1. The largest absolute Gasteiger partial charge is 0.378 e. The van der Waals surface area contributed by atoms with Crippen LogP contribution in [0.3, 0.4) is 0 Å². The fourth-order valence-corrected chi connectivity index (χ4v) is 2.92. The van der Waals surface area contributed by atoms with Gasteiger partial charge >= 0.3 is 0 Å². The van der Waals surface area contributed by atoms with Crippen LogP contribution in [0.4, 0.5) is 0 Å². The molecule has 0 aromatic heterocycles. The van der Waals surface area contributed by atoms with Crippen molar-refractivity contribution in [3.8, 4) is 0 Å². The molecule has 0 spiro atoms. The van der Waals surface area contributed by atoms with Crippen molar-refractivity contribution in [1.82, 2.24) is 10.2 Å². The number of likely N-dealkylation sites (N-methyl/N-ethyl adjacent to an activating group) is 1. The molecule has 0 amide bonds. The van der Waals surface area contributed by atoms with Crippen molar-refractivity contribution in [2.24, 2.45) is 0 Å². The number of nitrogens with zero attached hydrogens (tertiary/aromatic N) is 1. The summed E-state index contributed by atoms with van der Waals surface area (Å²) in [6.07, 6.45) is 2.77. The third-order valence-electron chi connectivity index (χ3n) is 3.90. The Hall–Kier alpha value is -0.900. The molecule has 106 valence electrons. The Morgan fingerprint density at radius 2 is 1.95 bits per heavy atom. The SMILES string of the molecule is CCOC1CCN(C(CNC)c2ccccc2)CC1. The van der Waals surface area contributed by atoms with Crippen molar-refractivity contribution < 1.29 is 4.74 Å². The highest BCUT2D eigenvalue weighted by molar-refractivity contribution is 5.19. The van der Waals surface area contributed by atoms with E-state index in [2.05, 4.69) is 47.5 Å². The molecule has 3 nitrogen and oxygen atoms in total. The first-order valence-electron chi connectivity index (χ1n) is 7.40. The molecule has 1 unspecified atom stereocenters. The molecule has 19 heavy (non-hydrogen) atoms. The van der Waals surface area contributed by atoms with E-state index in [-0.39, 0.29) is 0 Å². The maximum absolute atomic E-state index is 5.73. The summed E-state index contributed by atoms with van der Waals surface area (Å²) in [5.74, 6) is 0. The average molecular weight is 262 g/mol. The highest BCUT2D eigenvalue weighted by Crippen LogP contribution is 2.25. The van der Waals surface area contributed by atoms with E-state index >= 15 is 0 Å². The predicted octanol–water partition coefficient (Wildman–Crippen LogP) is 2.45. The molecule has 1 aliphatic heterocycles. The molecule has 1 aromatic carbocycles. The third-order valence-corrected chi connectivity index (χ3v) is 3.90. The highest BCUT2D eigenvalue weighted by atomic mass is 16.5. The number of piperidine rings is 1. The monoisotopic (exact) mass is 262 g/mol. The number of likely N-dealkylation sites (tertiary alicyclic amines) is 1. The summed E-state index contributed by atoms with van der Waals surface area (Å²) in [6.45, 7) is 6.19. The van der Waals surface area contributed by atoms with Crippen LogP contribution in [0.1, 0.15) is 31.4 Å². The van der Waals surface area contributed by atoms with E-state index in [4.69, 9.17) is 4.74 Å². The molecule has 1 saturated heterocycles. The highest BCUT2D eigenvalue weighted by Gasteiger charge is 2.25. The normalized spacial score (nSPS) is 19.5. The second kappa shape index (κ2) is 7.63. The van der Waals surface area contributed by atoms with E-state index in [9.17, 15) is 0 Å². The van der Waals surface area contributed by atoms with Crippen molar-refractivity contribution >= 4 is 0 Å². The van der Waals surface area contributed by atoms with E-state index in [1.54, 1.807) is 0 Å². The number of ether oxygens (including phenoxy) is 1. The van der Waals surface area contributed by atoms with Gasteiger partial charge in [0.25, 0.3) is 0 Å². The lowest BCUT2D eigenvalue weighted by Crippen LogP contribution is -2.42. The number of rotatable bonds is 6. The Morgan fingerprint density at radius 1 is 1.26 bits per heavy atom. The van der Waals surface area contributed by atoms with Gasteiger partial charge in [0.1, 0.15) is 0 Å². The lowest BCUT2D eigenvalue weighted by Gasteiger charge is -2.37. The molecule has 2 rings (SSSR count). The fraction of sp³-hybridized carbons (Fsp3) is 0.625. The van der Waals surface area contributed by atoms with Gasteiger partial charge in [-0.3, -0.25) is 4.90 Å². The van der Waals surface area contributed by atoms with Crippen molar-refractivity contribution in [1.29, 1.82) is 0 Å². The molecule has 1 atom stereocenters. The Morgan fingerprint density at radius 3 is 2.53 bits per heavy atom. The van der Waals surface area contributed by atoms with Crippen LogP contribution in [0.5, 0.6) is 0 Å². The van der Waals surface area contributed by atoms with Crippen molar-refractivity contribution in [2.45, 2.75) is 31.9 Å². The summed E-state index contributed by atoms with van der Waals surface area (Å²) in [7, 11) is 2.03. The second-order valence-electron chi connectivity index (χ2n) is 5.17. The van der Waals surface area contributed by atoms with Crippen LogP contribution in [-0.2, 0) is 4.74 Å². The molecule has 0 aliphatic carbocycles. The molecule has 1 N–H and O–H groups in total. The number of hydrogen-bond donors (Lipinski definition) is 1. The van der Waals surface area contributed by atoms with Crippen LogP contribution in [0.25, 0.3) is 0 Å². The zero-order valence-electron chi connectivity index (χ0n) is 12.1. The Balaban J connectivity index is 1.97. The van der Waals surface area contributed by atoms with E-state index in [0.717, 1.165) is 39.1 Å². The van der Waals surface area contributed by atoms with Gasteiger partial charge in [0.15, 0.2) is 0 Å². The van der Waals surface area contributed by atoms with E-state index < -0.39 is 0 Å². The second-order valence-corrected chi connectivity index (χ2v) is 5.17. The van der Waals surface area contributed by atoms with Crippen LogP contribution in [-0.4, -0.2) is 44.3 Å². The van der Waals surface area contributed by atoms with Gasteiger partial charge in [-0.2, -0.15) is 0 Å². The van der Waals surface area contributed by atoms with Gasteiger partial charge in [-0.15, -0.1) is 0 Å². The minimum atomic E-state index is 0.465. The molecule has 1 aliphatic rings. The summed E-state index contributed by atoms with van der Waals surface area (Å²) in [4.78, 5) is 2.58. The first-order valence-corrected chi connectivity index (χ1v) is 7.40. The lowest BCUT2D eigenvalue weighted by atomic mass is 10.0. The predicted molar refractivity (Wildman–Crippen MR) is 79.3 cm³/mol. The minimum Gasteiger partial charge on any atom is -0.378 e. The van der Waals surface area contributed by atoms with Gasteiger partial charge in [0, 0.05) is 32.3 Å². The molecule has 0 bridgehead atoms. The molecule has 1 aromatic rings. The lowest BCUT2D eigenvalue weighted by molar-refractivity contribution is 0.00383. The van der Waals surface area contributed by atoms with E-state index in [1.165, 1.54) is 5.56 Å². The average Bonchev–Trinajstić information content (AvgIpc) is 2.47. The summed E-state index contributed by atoms with van der Waals surface area (Å²) >= 11 is 0. The van der Waals surface area contributed by atoms with E-state index in [1.807, 2.05) is 7.05 Å². The molecule has 1 heterocycles. The maximum Gasteiger partial charge on any atom is 0.0599 e. The number of hydrogen-bond acceptors (Lipinski definition) is 3. The maximum atomic E-state index is 5.73. The van der Waals surface area contributed by atoms with Gasteiger partial charge in [-0.1, -0.05) is 30.3 Å². The standard InChI is InChI=1S/C16H26N2O/c1-3-19-15-9-11-18(12-10-15)16(13-17-2)14-7-5-4-6-8-14/h4-8,15-17H,3,9-13H2,1-2H3. The number of nitrogens with one attached hydrogen (secondary N) is 1. The summed E-state index contributed by atoms with van der Waals surface area (Å²) in [5, 5.41) is 3.33. The van der Waals surface area contributed by atoms with Crippen LogP contribution < -0.4 is 5.32 Å². The molecule has 0 radical (unpaired) electrons. The van der Waals surface area contributed by atoms with Crippen LogP contribution in [0.2, 0.25) is 0 Å². The van der Waals surface area contributed by atoms with Gasteiger partial charge in [-0.05, 0) is 32.4 Å². The molecule has 0 saturated carbocycles. The zero-order valence-corrected chi connectivity index (χ0v) is 12.1. The summed E-state index contributed by atoms with van der Waals surface area (Å²) in [6, 6.07) is 11.3. The van der Waals surface area contributed by atoms with Gasteiger partial charge in [0.05, 0.1) is 6.10 Å². The van der Waals surface area contributed by atoms with Crippen molar-refractivity contribution in [2.75, 3.05) is 33.3 Å². The zero-order chi connectivity index (χ0) is 13.5. The van der Waals surface area contributed by atoms with Crippen LogP contribution in [0.15, 0.2) is 30.3 Å². The molecule has 1 fully saturated rings.